The van der Waals surface area contributed by atoms with E-state index >= 15 is 0 Å². The second-order valence-electron chi connectivity index (χ2n) is 4.48. The van der Waals surface area contributed by atoms with Crippen LogP contribution >= 0.6 is 0 Å². The molecule has 4 nitrogen and oxygen atoms in total. The lowest BCUT2D eigenvalue weighted by Crippen LogP contribution is -2.71. The van der Waals surface area contributed by atoms with Gasteiger partial charge in [-0.15, -0.1) is 0 Å². The van der Waals surface area contributed by atoms with E-state index in [0.29, 0.717) is 19.8 Å². The van der Waals surface area contributed by atoms with E-state index in [9.17, 15) is 4.79 Å². The van der Waals surface area contributed by atoms with Crippen molar-refractivity contribution in [3.63, 3.8) is 0 Å². The number of rotatable bonds is 1. The zero-order chi connectivity index (χ0) is 11.0. The third-order valence-corrected chi connectivity index (χ3v) is 3.20. The summed E-state index contributed by atoms with van der Waals surface area (Å²) in [5.74, 6) is 0.0451. The number of hydrogen-bond donors (Lipinski definition) is 2. The molecule has 0 bridgehead atoms. The maximum absolute atomic E-state index is 11.8. The summed E-state index contributed by atoms with van der Waals surface area (Å²) in [5, 5.41) is 6.34. The molecule has 1 aromatic rings. The van der Waals surface area contributed by atoms with Gasteiger partial charge in [0.2, 0.25) is 5.91 Å². The molecule has 1 amide bonds. The fourth-order valence-corrected chi connectivity index (χ4v) is 2.20. The minimum absolute atomic E-state index is 0.0451. The van der Waals surface area contributed by atoms with Crippen LogP contribution in [0.1, 0.15) is 11.6 Å². The predicted molar refractivity (Wildman–Crippen MR) is 58.9 cm³/mol. The highest BCUT2D eigenvalue weighted by Crippen LogP contribution is 2.25. The van der Waals surface area contributed by atoms with Crippen LogP contribution in [-0.2, 0) is 9.53 Å². The molecule has 0 saturated carbocycles. The molecular formula is C12H14N2O2. The van der Waals surface area contributed by atoms with Gasteiger partial charge in [-0.2, -0.15) is 0 Å². The lowest BCUT2D eigenvalue weighted by molar-refractivity contribution is -0.136. The van der Waals surface area contributed by atoms with Gasteiger partial charge in [-0.05, 0) is 5.56 Å². The van der Waals surface area contributed by atoms with Crippen LogP contribution < -0.4 is 10.6 Å². The number of amides is 1. The van der Waals surface area contributed by atoms with Crippen molar-refractivity contribution in [2.75, 3.05) is 19.8 Å². The minimum atomic E-state index is -0.251. The third-order valence-electron chi connectivity index (χ3n) is 3.20. The average Bonchev–Trinajstić information content (AvgIpc) is 2.29. The summed E-state index contributed by atoms with van der Waals surface area (Å²) in [5.41, 5.74) is 0.958. The first-order valence-electron chi connectivity index (χ1n) is 5.47. The molecule has 1 aromatic carbocycles. The first-order valence-corrected chi connectivity index (χ1v) is 5.47. The molecule has 3 rings (SSSR count). The normalized spacial score (nSPS) is 27.2. The molecule has 0 aliphatic carbocycles. The molecule has 16 heavy (non-hydrogen) atoms. The molecule has 2 saturated heterocycles. The zero-order valence-corrected chi connectivity index (χ0v) is 8.90. The van der Waals surface area contributed by atoms with Crippen LogP contribution in [0.5, 0.6) is 0 Å². The van der Waals surface area contributed by atoms with E-state index < -0.39 is 0 Å². The maximum Gasteiger partial charge on any atom is 0.241 e. The van der Waals surface area contributed by atoms with Gasteiger partial charge < -0.3 is 10.1 Å². The summed E-state index contributed by atoms with van der Waals surface area (Å²) in [6.45, 7) is 2.02. The van der Waals surface area contributed by atoms with Gasteiger partial charge in [-0.25, -0.2) is 0 Å². The number of carbonyl (C=O) groups is 1. The summed E-state index contributed by atoms with van der Waals surface area (Å²) in [4.78, 5) is 11.8. The standard InChI is InChI=1S/C12H14N2O2/c15-11-10(9-4-2-1-3-5-9)14-12(6-13-11)7-16-8-12/h1-5,10,14H,6-8H2,(H,13,15)/t10-/m1/s1. The van der Waals surface area contributed by atoms with Gasteiger partial charge in [0.15, 0.2) is 0 Å². The van der Waals surface area contributed by atoms with Crippen LogP contribution in [0, 0.1) is 0 Å². The number of nitrogens with one attached hydrogen (secondary N) is 2. The van der Waals surface area contributed by atoms with Crippen molar-refractivity contribution in [3.8, 4) is 0 Å². The number of piperazine rings is 1. The zero-order valence-electron chi connectivity index (χ0n) is 8.90. The molecule has 2 aliphatic heterocycles. The van der Waals surface area contributed by atoms with Gasteiger partial charge in [0.1, 0.15) is 6.04 Å². The predicted octanol–water partition coefficient (Wildman–Crippen LogP) is 0.216. The van der Waals surface area contributed by atoms with Crippen LogP contribution in [0.25, 0.3) is 0 Å². The molecular weight excluding hydrogens is 204 g/mol. The van der Waals surface area contributed by atoms with E-state index in [4.69, 9.17) is 4.74 Å². The Balaban J connectivity index is 1.85. The van der Waals surface area contributed by atoms with E-state index in [-0.39, 0.29) is 17.5 Å². The van der Waals surface area contributed by atoms with Crippen LogP contribution in [0.15, 0.2) is 30.3 Å². The average molecular weight is 218 g/mol. The highest BCUT2D eigenvalue weighted by Gasteiger charge is 2.45. The molecule has 0 radical (unpaired) electrons. The van der Waals surface area contributed by atoms with Gasteiger partial charge in [-0.3, -0.25) is 10.1 Å². The van der Waals surface area contributed by atoms with Gasteiger partial charge in [0.05, 0.1) is 18.8 Å². The number of ether oxygens (including phenoxy) is 1. The Labute approximate surface area is 94.0 Å². The highest BCUT2D eigenvalue weighted by molar-refractivity contribution is 5.84. The molecule has 84 valence electrons. The Morgan fingerprint density at radius 1 is 1.25 bits per heavy atom. The molecule has 2 aliphatic rings. The van der Waals surface area contributed by atoms with Gasteiger partial charge >= 0.3 is 0 Å². The smallest absolute Gasteiger partial charge is 0.241 e. The van der Waals surface area contributed by atoms with Crippen molar-refractivity contribution in [1.82, 2.24) is 10.6 Å². The fraction of sp³-hybridized carbons (Fsp3) is 0.417. The van der Waals surface area contributed by atoms with E-state index in [0.717, 1.165) is 5.56 Å². The molecule has 2 heterocycles. The number of carbonyl (C=O) groups excluding carboxylic acids is 1. The van der Waals surface area contributed by atoms with E-state index in [1.807, 2.05) is 30.3 Å². The van der Waals surface area contributed by atoms with Crippen molar-refractivity contribution in [1.29, 1.82) is 0 Å². The van der Waals surface area contributed by atoms with Crippen molar-refractivity contribution in [3.05, 3.63) is 35.9 Å². The fourth-order valence-electron chi connectivity index (χ4n) is 2.20. The Morgan fingerprint density at radius 3 is 2.62 bits per heavy atom. The van der Waals surface area contributed by atoms with Crippen molar-refractivity contribution in [2.24, 2.45) is 0 Å². The molecule has 2 N–H and O–H groups in total. The monoisotopic (exact) mass is 218 g/mol. The molecule has 0 aromatic heterocycles. The SMILES string of the molecule is O=C1NCC2(COC2)N[C@@H]1c1ccccc1. The maximum atomic E-state index is 11.8. The first-order chi connectivity index (χ1) is 7.79. The summed E-state index contributed by atoms with van der Waals surface area (Å²) < 4.78 is 5.22. The summed E-state index contributed by atoms with van der Waals surface area (Å²) in [6, 6.07) is 9.53. The molecule has 1 spiro atoms. The summed E-state index contributed by atoms with van der Waals surface area (Å²) >= 11 is 0. The van der Waals surface area contributed by atoms with Crippen LogP contribution in [0.2, 0.25) is 0 Å². The van der Waals surface area contributed by atoms with Crippen molar-refractivity contribution >= 4 is 5.91 Å². The third kappa shape index (κ3) is 1.50. The Bertz CT molecular complexity index is 401. The lowest BCUT2D eigenvalue weighted by atomic mass is 9.90. The van der Waals surface area contributed by atoms with Gasteiger partial charge in [0, 0.05) is 6.54 Å². The molecule has 2 fully saturated rings. The van der Waals surface area contributed by atoms with Crippen molar-refractivity contribution < 1.29 is 9.53 Å². The van der Waals surface area contributed by atoms with E-state index in [2.05, 4.69) is 10.6 Å². The number of hydrogen-bond acceptors (Lipinski definition) is 3. The van der Waals surface area contributed by atoms with Gasteiger partial charge in [-0.1, -0.05) is 30.3 Å². The minimum Gasteiger partial charge on any atom is -0.377 e. The van der Waals surface area contributed by atoms with Crippen LogP contribution in [0.4, 0.5) is 0 Å². The Hall–Kier alpha value is -1.39. The van der Waals surface area contributed by atoms with Gasteiger partial charge in [0.25, 0.3) is 0 Å². The first kappa shape index (κ1) is 9.81. The Morgan fingerprint density at radius 2 is 2.00 bits per heavy atom. The summed E-state index contributed by atoms with van der Waals surface area (Å²) in [7, 11) is 0. The second kappa shape index (κ2) is 3.57. The molecule has 0 unspecified atom stereocenters. The number of benzene rings is 1. The van der Waals surface area contributed by atoms with Crippen LogP contribution in [-0.4, -0.2) is 31.2 Å². The Kier molecular flexibility index (Phi) is 2.19. The van der Waals surface area contributed by atoms with E-state index in [1.54, 1.807) is 0 Å². The second-order valence-corrected chi connectivity index (χ2v) is 4.48. The van der Waals surface area contributed by atoms with E-state index in [1.165, 1.54) is 0 Å². The lowest BCUT2D eigenvalue weighted by Gasteiger charge is -2.47. The van der Waals surface area contributed by atoms with Crippen LogP contribution in [0.3, 0.4) is 0 Å². The molecule has 4 heteroatoms. The largest absolute Gasteiger partial charge is 0.377 e. The summed E-state index contributed by atoms with van der Waals surface area (Å²) in [6.07, 6.45) is 0. The molecule has 1 atom stereocenters. The van der Waals surface area contributed by atoms with Crippen molar-refractivity contribution in [2.45, 2.75) is 11.6 Å². The highest BCUT2D eigenvalue weighted by atomic mass is 16.5. The topological polar surface area (TPSA) is 50.4 Å². The quantitative estimate of drug-likeness (QED) is 0.708.